The highest BCUT2D eigenvalue weighted by Crippen LogP contribution is 2.32. The molecule has 7 heteroatoms. The summed E-state index contributed by atoms with van der Waals surface area (Å²) in [7, 11) is 0. The molecule has 3 aliphatic rings. The summed E-state index contributed by atoms with van der Waals surface area (Å²) in [5, 5.41) is 8.22. The van der Waals surface area contributed by atoms with Gasteiger partial charge in [0, 0.05) is 25.0 Å². The maximum atomic E-state index is 13.1. The molecule has 0 radical (unpaired) electrons. The third-order valence-electron chi connectivity index (χ3n) is 6.54. The van der Waals surface area contributed by atoms with Gasteiger partial charge in [0.15, 0.2) is 5.82 Å². The van der Waals surface area contributed by atoms with E-state index in [0.29, 0.717) is 24.4 Å². The van der Waals surface area contributed by atoms with Gasteiger partial charge in [-0.2, -0.15) is 5.10 Å². The molecule has 3 fully saturated rings. The Balaban J connectivity index is 1.34. The van der Waals surface area contributed by atoms with Crippen LogP contribution in [0.15, 0.2) is 30.3 Å². The van der Waals surface area contributed by atoms with Gasteiger partial charge >= 0.3 is 0 Å². The molecule has 0 spiro atoms. The van der Waals surface area contributed by atoms with Crippen LogP contribution >= 0.6 is 0 Å². The van der Waals surface area contributed by atoms with Crippen LogP contribution in [0.3, 0.4) is 0 Å². The fourth-order valence-electron chi connectivity index (χ4n) is 4.81. The highest BCUT2D eigenvalue weighted by atomic mass is 16.2. The number of benzene rings is 1. The van der Waals surface area contributed by atoms with E-state index in [1.807, 2.05) is 23.1 Å². The molecule has 1 aromatic carbocycles. The number of rotatable bonds is 7. The van der Waals surface area contributed by atoms with E-state index in [2.05, 4.69) is 17.4 Å². The number of amides is 1. The van der Waals surface area contributed by atoms with Crippen LogP contribution in [-0.2, 0) is 24.2 Å². The van der Waals surface area contributed by atoms with Crippen LogP contribution in [0, 0.1) is 5.92 Å². The zero-order chi connectivity index (χ0) is 19.8. The lowest BCUT2D eigenvalue weighted by molar-refractivity contribution is -0.132. The van der Waals surface area contributed by atoms with Crippen molar-refractivity contribution in [2.75, 3.05) is 13.1 Å². The highest BCUT2D eigenvalue weighted by Gasteiger charge is 2.40. The maximum Gasteiger partial charge on any atom is 0.244 e. The molecule has 1 saturated carbocycles. The molecule has 7 nitrogen and oxygen atoms in total. The lowest BCUT2D eigenvalue weighted by Crippen LogP contribution is -2.40. The minimum atomic E-state index is -0.273. The zero-order valence-corrected chi connectivity index (χ0v) is 16.8. The van der Waals surface area contributed by atoms with Gasteiger partial charge in [0.05, 0.1) is 6.04 Å². The van der Waals surface area contributed by atoms with E-state index in [9.17, 15) is 4.79 Å². The minimum Gasteiger partial charge on any atom is -0.336 e. The van der Waals surface area contributed by atoms with Crippen LogP contribution in [0.2, 0.25) is 0 Å². The third kappa shape index (κ3) is 4.07. The summed E-state index contributed by atoms with van der Waals surface area (Å²) in [6.45, 7) is 2.07. The van der Waals surface area contributed by atoms with Crippen LogP contribution in [0.5, 0.6) is 0 Å². The number of nitrogens with zero attached hydrogens (tertiary/aromatic N) is 4. The van der Waals surface area contributed by atoms with E-state index in [1.165, 1.54) is 18.4 Å². The molecular weight excluding hydrogens is 364 g/mol. The average molecular weight is 395 g/mol. The Labute approximate surface area is 171 Å². The van der Waals surface area contributed by atoms with Gasteiger partial charge in [-0.15, -0.1) is 0 Å². The first-order valence-corrected chi connectivity index (χ1v) is 10.9. The Bertz CT molecular complexity index is 861. The molecule has 2 aliphatic heterocycles. The van der Waals surface area contributed by atoms with Gasteiger partial charge in [0.25, 0.3) is 0 Å². The Hall–Kier alpha value is -2.25. The first-order valence-electron chi connectivity index (χ1n) is 10.9. The number of aromatic nitrogens is 3. The van der Waals surface area contributed by atoms with Crippen molar-refractivity contribution in [2.24, 2.45) is 11.7 Å². The van der Waals surface area contributed by atoms with Crippen LogP contribution in [0.25, 0.3) is 0 Å². The van der Waals surface area contributed by atoms with Crippen molar-refractivity contribution in [1.82, 2.24) is 25.0 Å². The van der Waals surface area contributed by atoms with Crippen molar-refractivity contribution < 1.29 is 4.79 Å². The minimum absolute atomic E-state index is 0.136. The second kappa shape index (κ2) is 7.88. The number of carbonyl (C=O) groups excluding carboxylic acids is 1. The van der Waals surface area contributed by atoms with E-state index in [1.54, 1.807) is 4.68 Å². The molecule has 154 valence electrons. The molecule has 1 aromatic heterocycles. The molecular formula is C22H30N6O. The maximum absolute atomic E-state index is 13.1. The average Bonchev–Trinajstić information content (AvgIpc) is 3.09. The van der Waals surface area contributed by atoms with Gasteiger partial charge < -0.3 is 16.0 Å². The predicted molar refractivity (Wildman–Crippen MR) is 110 cm³/mol. The van der Waals surface area contributed by atoms with E-state index >= 15 is 0 Å². The predicted octanol–water partition coefficient (Wildman–Crippen LogP) is 1.44. The summed E-state index contributed by atoms with van der Waals surface area (Å²) in [4.78, 5) is 19.9. The molecule has 0 bridgehead atoms. The van der Waals surface area contributed by atoms with E-state index in [4.69, 9.17) is 15.8 Å². The van der Waals surface area contributed by atoms with Gasteiger partial charge in [-0.25, -0.2) is 9.67 Å². The first kappa shape index (κ1) is 18.8. The fraction of sp³-hybridized carbons (Fsp3) is 0.591. The second-order valence-electron chi connectivity index (χ2n) is 8.78. The molecule has 3 N–H and O–H groups in total. The van der Waals surface area contributed by atoms with Gasteiger partial charge in [0.2, 0.25) is 5.91 Å². The largest absolute Gasteiger partial charge is 0.336 e. The SMILES string of the molecule is N[C@H](Cc1ccccc1)c1nc(CC2CC2)nn1CC(=O)N1CC[C@@H]2NCC[C@@H]21. The quantitative estimate of drug-likeness (QED) is 0.742. The number of nitrogens with two attached hydrogens (primary N) is 1. The van der Waals surface area contributed by atoms with Crippen LogP contribution in [-0.4, -0.2) is 50.7 Å². The molecule has 29 heavy (non-hydrogen) atoms. The molecule has 1 amide bonds. The molecule has 3 heterocycles. The van der Waals surface area contributed by atoms with Crippen molar-refractivity contribution in [3.63, 3.8) is 0 Å². The number of hydrogen-bond acceptors (Lipinski definition) is 5. The monoisotopic (exact) mass is 394 g/mol. The summed E-state index contributed by atoms with van der Waals surface area (Å²) in [6.07, 6.45) is 6.17. The van der Waals surface area contributed by atoms with E-state index in [0.717, 1.165) is 44.0 Å². The van der Waals surface area contributed by atoms with Crippen LogP contribution < -0.4 is 11.1 Å². The van der Waals surface area contributed by atoms with Gasteiger partial charge in [-0.05, 0) is 50.1 Å². The molecule has 5 rings (SSSR count). The summed E-state index contributed by atoms with van der Waals surface area (Å²) in [5.41, 5.74) is 7.71. The summed E-state index contributed by atoms with van der Waals surface area (Å²) in [5.74, 6) is 2.40. The molecule has 2 aromatic rings. The number of likely N-dealkylation sites (tertiary alicyclic amines) is 1. The van der Waals surface area contributed by atoms with Crippen molar-refractivity contribution >= 4 is 5.91 Å². The third-order valence-corrected chi connectivity index (χ3v) is 6.54. The molecule has 3 atom stereocenters. The smallest absolute Gasteiger partial charge is 0.244 e. The topological polar surface area (TPSA) is 89.1 Å². The molecule has 0 unspecified atom stereocenters. The van der Waals surface area contributed by atoms with Gasteiger partial charge in [-0.3, -0.25) is 4.79 Å². The van der Waals surface area contributed by atoms with E-state index < -0.39 is 0 Å². The number of carbonyl (C=O) groups is 1. The van der Waals surface area contributed by atoms with Crippen LogP contribution in [0.4, 0.5) is 0 Å². The van der Waals surface area contributed by atoms with Crippen molar-refractivity contribution in [2.45, 2.75) is 63.2 Å². The first-order chi connectivity index (χ1) is 14.2. The Morgan fingerprint density at radius 2 is 2.03 bits per heavy atom. The van der Waals surface area contributed by atoms with Crippen molar-refractivity contribution in [3.8, 4) is 0 Å². The van der Waals surface area contributed by atoms with Crippen molar-refractivity contribution in [3.05, 3.63) is 47.5 Å². The van der Waals surface area contributed by atoms with Gasteiger partial charge in [-0.1, -0.05) is 30.3 Å². The molecule has 2 saturated heterocycles. The Kier molecular flexibility index (Phi) is 5.09. The van der Waals surface area contributed by atoms with Crippen LogP contribution in [0.1, 0.15) is 48.9 Å². The summed E-state index contributed by atoms with van der Waals surface area (Å²) in [6, 6.07) is 10.7. The molecule has 1 aliphatic carbocycles. The lowest BCUT2D eigenvalue weighted by atomic mass is 10.1. The second-order valence-corrected chi connectivity index (χ2v) is 8.78. The summed E-state index contributed by atoms with van der Waals surface area (Å²) < 4.78 is 1.78. The summed E-state index contributed by atoms with van der Waals surface area (Å²) >= 11 is 0. The number of nitrogens with one attached hydrogen (secondary N) is 1. The number of hydrogen-bond donors (Lipinski definition) is 2. The van der Waals surface area contributed by atoms with Gasteiger partial charge in [0.1, 0.15) is 12.4 Å². The Morgan fingerprint density at radius 3 is 2.83 bits per heavy atom. The lowest BCUT2D eigenvalue weighted by Gasteiger charge is -2.24. The normalized spacial score (nSPS) is 24.7. The Morgan fingerprint density at radius 1 is 1.21 bits per heavy atom. The number of fused-ring (bicyclic) bond motifs is 1. The fourth-order valence-corrected chi connectivity index (χ4v) is 4.81. The standard InChI is InChI=1S/C22H30N6O/c23-17(12-15-4-2-1-3-5-15)22-25-20(13-16-6-7-16)26-28(22)14-21(29)27-11-9-18-19(27)8-10-24-18/h1-5,16-19,24H,6-14,23H2/t17-,18+,19+/m1/s1. The van der Waals surface area contributed by atoms with Crippen molar-refractivity contribution in [1.29, 1.82) is 0 Å². The highest BCUT2D eigenvalue weighted by molar-refractivity contribution is 5.77. The van der Waals surface area contributed by atoms with E-state index in [-0.39, 0.29) is 18.5 Å². The zero-order valence-electron chi connectivity index (χ0n) is 16.8.